The first kappa shape index (κ1) is 11.0. The van der Waals surface area contributed by atoms with E-state index < -0.39 is 0 Å². The minimum absolute atomic E-state index is 0.491. The van der Waals surface area contributed by atoms with Gasteiger partial charge >= 0.3 is 0 Å². The molecule has 2 heterocycles. The maximum Gasteiger partial charge on any atom is 0.259 e. The molecule has 3 unspecified atom stereocenters. The van der Waals surface area contributed by atoms with Gasteiger partial charge in [-0.2, -0.15) is 4.98 Å². The standard InChI is InChI=1S/C14H16N4O/c15-11-5-10(6-16-7-11)14-17-13(18-19-14)12-4-8-1-2-9(12)3-8/h5-9,12H,1-4,15H2. The summed E-state index contributed by atoms with van der Waals surface area (Å²) in [5, 5.41) is 4.17. The maximum atomic E-state index is 5.72. The van der Waals surface area contributed by atoms with Gasteiger partial charge in [0.15, 0.2) is 5.82 Å². The van der Waals surface area contributed by atoms with E-state index in [1.54, 1.807) is 12.4 Å². The van der Waals surface area contributed by atoms with E-state index in [-0.39, 0.29) is 0 Å². The fraction of sp³-hybridized carbons (Fsp3) is 0.500. The van der Waals surface area contributed by atoms with E-state index in [9.17, 15) is 0 Å². The molecule has 2 fully saturated rings. The van der Waals surface area contributed by atoms with Crippen LogP contribution in [-0.4, -0.2) is 15.1 Å². The Morgan fingerprint density at radius 3 is 2.89 bits per heavy atom. The van der Waals surface area contributed by atoms with Crippen molar-refractivity contribution < 1.29 is 4.52 Å². The summed E-state index contributed by atoms with van der Waals surface area (Å²) < 4.78 is 5.37. The van der Waals surface area contributed by atoms with Crippen molar-refractivity contribution in [1.82, 2.24) is 15.1 Å². The normalized spacial score (nSPS) is 28.9. The molecule has 5 heteroatoms. The number of pyridine rings is 1. The van der Waals surface area contributed by atoms with E-state index >= 15 is 0 Å². The van der Waals surface area contributed by atoms with Gasteiger partial charge in [0.25, 0.3) is 5.89 Å². The second-order valence-corrected chi connectivity index (χ2v) is 5.75. The third-order valence-corrected chi connectivity index (χ3v) is 4.52. The van der Waals surface area contributed by atoms with Crippen LogP contribution in [0.15, 0.2) is 23.0 Å². The quantitative estimate of drug-likeness (QED) is 0.893. The molecule has 2 aliphatic rings. The predicted molar refractivity (Wildman–Crippen MR) is 70.1 cm³/mol. The topological polar surface area (TPSA) is 77.8 Å². The smallest absolute Gasteiger partial charge is 0.259 e. The van der Waals surface area contributed by atoms with Gasteiger partial charge in [0, 0.05) is 18.3 Å². The Kier molecular flexibility index (Phi) is 2.33. The number of nitrogen functional groups attached to an aromatic ring is 1. The molecule has 0 aromatic carbocycles. The first-order valence-electron chi connectivity index (χ1n) is 6.84. The van der Waals surface area contributed by atoms with Gasteiger partial charge in [-0.25, -0.2) is 0 Å². The number of anilines is 1. The summed E-state index contributed by atoms with van der Waals surface area (Å²) in [6.45, 7) is 0. The molecule has 2 bridgehead atoms. The van der Waals surface area contributed by atoms with Crippen LogP contribution in [0.1, 0.15) is 37.4 Å². The van der Waals surface area contributed by atoms with Crippen molar-refractivity contribution in [2.24, 2.45) is 11.8 Å². The monoisotopic (exact) mass is 256 g/mol. The molecular formula is C14H16N4O. The van der Waals surface area contributed by atoms with E-state index in [1.807, 2.05) is 6.07 Å². The number of hydrogen-bond donors (Lipinski definition) is 1. The zero-order valence-corrected chi connectivity index (χ0v) is 10.6. The highest BCUT2D eigenvalue weighted by atomic mass is 16.5. The first-order chi connectivity index (χ1) is 9.29. The number of nitrogens with zero attached hydrogens (tertiary/aromatic N) is 3. The molecule has 0 amide bonds. The van der Waals surface area contributed by atoms with Crippen LogP contribution in [0.4, 0.5) is 5.69 Å². The van der Waals surface area contributed by atoms with Crippen molar-refractivity contribution in [1.29, 1.82) is 0 Å². The summed E-state index contributed by atoms with van der Waals surface area (Å²) in [4.78, 5) is 8.60. The molecule has 2 N–H and O–H groups in total. The fourth-order valence-electron chi connectivity index (χ4n) is 3.64. The Morgan fingerprint density at radius 1 is 1.21 bits per heavy atom. The van der Waals surface area contributed by atoms with Gasteiger partial charge in [-0.1, -0.05) is 11.6 Å². The molecule has 5 nitrogen and oxygen atoms in total. The zero-order chi connectivity index (χ0) is 12.8. The van der Waals surface area contributed by atoms with Crippen LogP contribution in [0.5, 0.6) is 0 Å². The molecule has 0 spiro atoms. The van der Waals surface area contributed by atoms with Crippen LogP contribution < -0.4 is 5.73 Å². The van der Waals surface area contributed by atoms with E-state index in [0.717, 1.165) is 23.2 Å². The lowest BCUT2D eigenvalue weighted by molar-refractivity contribution is 0.372. The highest BCUT2D eigenvalue weighted by Crippen LogP contribution is 2.52. The van der Waals surface area contributed by atoms with Gasteiger partial charge in [-0.15, -0.1) is 0 Å². The van der Waals surface area contributed by atoms with Gasteiger partial charge in [0.2, 0.25) is 0 Å². The van der Waals surface area contributed by atoms with Crippen LogP contribution >= 0.6 is 0 Å². The summed E-state index contributed by atoms with van der Waals surface area (Å²) in [5.74, 6) is 3.52. The van der Waals surface area contributed by atoms with E-state index in [4.69, 9.17) is 10.3 Å². The number of nitrogens with two attached hydrogens (primary N) is 1. The largest absolute Gasteiger partial charge is 0.397 e. The first-order valence-corrected chi connectivity index (χ1v) is 6.84. The van der Waals surface area contributed by atoms with E-state index in [0.29, 0.717) is 17.5 Å². The SMILES string of the molecule is Nc1cncc(-c2nc(C3CC4CCC3C4)no2)c1. The molecule has 0 radical (unpaired) electrons. The Balaban J connectivity index is 1.63. The Hall–Kier alpha value is -1.91. The lowest BCUT2D eigenvalue weighted by Gasteiger charge is -2.17. The van der Waals surface area contributed by atoms with Crippen LogP contribution in [-0.2, 0) is 0 Å². The average Bonchev–Trinajstić information content (AvgIpc) is 3.14. The second kappa shape index (κ2) is 4.05. The Bertz CT molecular complexity index is 609. The maximum absolute atomic E-state index is 5.72. The number of rotatable bonds is 2. The van der Waals surface area contributed by atoms with Gasteiger partial charge in [0.05, 0.1) is 11.3 Å². The summed E-state index contributed by atoms with van der Waals surface area (Å²) in [7, 11) is 0. The average molecular weight is 256 g/mol. The summed E-state index contributed by atoms with van der Waals surface area (Å²) in [6.07, 6.45) is 8.57. The molecule has 2 aromatic heterocycles. The van der Waals surface area contributed by atoms with Crippen molar-refractivity contribution in [3.8, 4) is 11.5 Å². The highest BCUT2D eigenvalue weighted by Gasteiger charge is 2.42. The molecule has 3 atom stereocenters. The van der Waals surface area contributed by atoms with Gasteiger partial charge in [-0.05, 0) is 37.2 Å². The van der Waals surface area contributed by atoms with Crippen LogP contribution in [0.25, 0.3) is 11.5 Å². The molecule has 2 saturated carbocycles. The minimum Gasteiger partial charge on any atom is -0.397 e. The molecule has 98 valence electrons. The van der Waals surface area contributed by atoms with Gasteiger partial charge in [-0.3, -0.25) is 4.98 Å². The van der Waals surface area contributed by atoms with Crippen molar-refractivity contribution in [3.05, 3.63) is 24.3 Å². The van der Waals surface area contributed by atoms with Crippen molar-refractivity contribution in [2.75, 3.05) is 5.73 Å². The second-order valence-electron chi connectivity index (χ2n) is 5.75. The summed E-state index contributed by atoms with van der Waals surface area (Å²) >= 11 is 0. The van der Waals surface area contributed by atoms with E-state index in [1.165, 1.54) is 25.7 Å². The predicted octanol–water partition coefficient (Wildman–Crippen LogP) is 2.62. The number of fused-ring (bicyclic) bond motifs is 2. The molecular weight excluding hydrogens is 240 g/mol. The zero-order valence-electron chi connectivity index (χ0n) is 10.6. The van der Waals surface area contributed by atoms with Crippen molar-refractivity contribution in [3.63, 3.8) is 0 Å². The lowest BCUT2D eigenvalue weighted by atomic mass is 9.88. The van der Waals surface area contributed by atoms with Crippen LogP contribution in [0.3, 0.4) is 0 Å². The number of hydrogen-bond acceptors (Lipinski definition) is 5. The van der Waals surface area contributed by atoms with E-state index in [2.05, 4.69) is 15.1 Å². The van der Waals surface area contributed by atoms with Gasteiger partial charge in [0.1, 0.15) is 0 Å². The Morgan fingerprint density at radius 2 is 2.16 bits per heavy atom. The molecule has 2 aliphatic carbocycles. The lowest BCUT2D eigenvalue weighted by Crippen LogP contribution is -2.09. The summed E-state index contributed by atoms with van der Waals surface area (Å²) in [5.41, 5.74) is 7.12. The molecule has 0 aliphatic heterocycles. The number of aromatic nitrogens is 3. The molecule has 2 aromatic rings. The van der Waals surface area contributed by atoms with Crippen molar-refractivity contribution >= 4 is 5.69 Å². The van der Waals surface area contributed by atoms with Crippen molar-refractivity contribution in [2.45, 2.75) is 31.6 Å². The fourth-order valence-corrected chi connectivity index (χ4v) is 3.64. The molecule has 4 rings (SSSR count). The Labute approximate surface area is 111 Å². The molecule has 0 saturated heterocycles. The van der Waals surface area contributed by atoms with Gasteiger partial charge < -0.3 is 10.3 Å². The third-order valence-electron chi connectivity index (χ3n) is 4.52. The summed E-state index contributed by atoms with van der Waals surface area (Å²) in [6, 6.07) is 1.81. The highest BCUT2D eigenvalue weighted by molar-refractivity contribution is 5.57. The van der Waals surface area contributed by atoms with Crippen LogP contribution in [0, 0.1) is 11.8 Å². The van der Waals surface area contributed by atoms with Crippen LogP contribution in [0.2, 0.25) is 0 Å². The minimum atomic E-state index is 0.491. The third kappa shape index (κ3) is 1.80. The molecule has 19 heavy (non-hydrogen) atoms.